The highest BCUT2D eigenvalue weighted by atomic mass is 19.2. The maximum Gasteiger partial charge on any atom is 0.196 e. The number of benzene rings is 1. The highest BCUT2D eigenvalue weighted by Gasteiger charge is 2.23. The van der Waals surface area contributed by atoms with Crippen LogP contribution < -0.4 is 5.32 Å². The van der Waals surface area contributed by atoms with E-state index < -0.39 is 17.5 Å². The van der Waals surface area contributed by atoms with Gasteiger partial charge in [-0.25, -0.2) is 13.2 Å². The Morgan fingerprint density at radius 1 is 1.28 bits per heavy atom. The van der Waals surface area contributed by atoms with Gasteiger partial charge in [0.15, 0.2) is 17.5 Å². The van der Waals surface area contributed by atoms with E-state index in [2.05, 4.69) is 5.32 Å². The summed E-state index contributed by atoms with van der Waals surface area (Å²) in [7, 11) is 0. The van der Waals surface area contributed by atoms with E-state index in [0.717, 1.165) is 25.3 Å². The number of rotatable bonds is 3. The molecule has 18 heavy (non-hydrogen) atoms. The molecule has 0 bridgehead atoms. The van der Waals surface area contributed by atoms with E-state index in [9.17, 15) is 13.2 Å². The molecule has 1 aliphatic rings. The molecule has 1 N–H and O–H groups in total. The fourth-order valence-electron chi connectivity index (χ4n) is 2.15. The predicted molar refractivity (Wildman–Crippen MR) is 63.0 cm³/mol. The van der Waals surface area contributed by atoms with Gasteiger partial charge in [-0.3, -0.25) is 0 Å². The molecular formula is C13H16F3NO. The molecule has 2 nitrogen and oxygen atoms in total. The van der Waals surface area contributed by atoms with E-state index >= 15 is 0 Å². The molecule has 1 aromatic carbocycles. The average molecular weight is 259 g/mol. The molecule has 1 heterocycles. The molecule has 5 heteroatoms. The molecule has 2 atom stereocenters. The second-order valence-electron chi connectivity index (χ2n) is 4.49. The SMILES string of the molecule is CCC1CC(Nc2ccc(F)c(F)c2F)CCO1. The zero-order chi connectivity index (χ0) is 13.1. The third kappa shape index (κ3) is 2.77. The molecule has 1 saturated heterocycles. The topological polar surface area (TPSA) is 21.3 Å². The fourth-order valence-corrected chi connectivity index (χ4v) is 2.15. The molecule has 0 aliphatic carbocycles. The summed E-state index contributed by atoms with van der Waals surface area (Å²) in [6, 6.07) is 2.18. The van der Waals surface area contributed by atoms with E-state index in [0.29, 0.717) is 6.61 Å². The molecule has 0 aromatic heterocycles. The number of hydrogen-bond acceptors (Lipinski definition) is 2. The Bertz CT molecular complexity index is 425. The van der Waals surface area contributed by atoms with E-state index in [1.165, 1.54) is 6.07 Å². The highest BCUT2D eigenvalue weighted by molar-refractivity contribution is 5.46. The molecule has 1 aliphatic heterocycles. The van der Waals surface area contributed by atoms with Crippen LogP contribution in [-0.2, 0) is 4.74 Å². The number of nitrogens with one attached hydrogen (secondary N) is 1. The van der Waals surface area contributed by atoms with Crippen LogP contribution in [0, 0.1) is 17.5 Å². The summed E-state index contributed by atoms with van der Waals surface area (Å²) in [5, 5.41) is 2.92. The van der Waals surface area contributed by atoms with E-state index in [1.807, 2.05) is 6.92 Å². The fraction of sp³-hybridized carbons (Fsp3) is 0.538. The lowest BCUT2D eigenvalue weighted by Gasteiger charge is -2.30. The Kier molecular flexibility index (Phi) is 4.11. The van der Waals surface area contributed by atoms with Gasteiger partial charge in [-0.05, 0) is 31.4 Å². The van der Waals surface area contributed by atoms with Crippen LogP contribution in [0.4, 0.5) is 18.9 Å². The van der Waals surface area contributed by atoms with Gasteiger partial charge in [0.2, 0.25) is 0 Å². The Hall–Kier alpha value is -1.23. The minimum absolute atomic E-state index is 0.00986. The first-order valence-corrected chi connectivity index (χ1v) is 6.13. The van der Waals surface area contributed by atoms with Crippen molar-refractivity contribution in [2.75, 3.05) is 11.9 Å². The molecule has 0 amide bonds. The van der Waals surface area contributed by atoms with Gasteiger partial charge in [-0.15, -0.1) is 0 Å². The van der Waals surface area contributed by atoms with Crippen LogP contribution in [0.15, 0.2) is 12.1 Å². The summed E-state index contributed by atoms with van der Waals surface area (Å²) in [5.41, 5.74) is 0.00986. The average Bonchev–Trinajstić information content (AvgIpc) is 2.40. The maximum absolute atomic E-state index is 13.5. The third-order valence-corrected chi connectivity index (χ3v) is 3.22. The quantitative estimate of drug-likeness (QED) is 0.839. The van der Waals surface area contributed by atoms with Crippen molar-refractivity contribution in [1.82, 2.24) is 0 Å². The van der Waals surface area contributed by atoms with Crippen molar-refractivity contribution in [3.8, 4) is 0 Å². The van der Waals surface area contributed by atoms with Crippen LogP contribution in [0.25, 0.3) is 0 Å². The van der Waals surface area contributed by atoms with Crippen molar-refractivity contribution < 1.29 is 17.9 Å². The summed E-state index contributed by atoms with van der Waals surface area (Å²) in [6.45, 7) is 2.62. The van der Waals surface area contributed by atoms with E-state index in [-0.39, 0.29) is 17.8 Å². The first-order chi connectivity index (χ1) is 8.61. The lowest BCUT2D eigenvalue weighted by Crippen LogP contribution is -2.34. The van der Waals surface area contributed by atoms with Crippen molar-refractivity contribution in [3.63, 3.8) is 0 Å². The number of ether oxygens (including phenoxy) is 1. The van der Waals surface area contributed by atoms with Crippen molar-refractivity contribution in [1.29, 1.82) is 0 Å². The minimum atomic E-state index is -1.43. The summed E-state index contributed by atoms with van der Waals surface area (Å²) in [6.07, 6.45) is 2.51. The number of hydrogen-bond donors (Lipinski definition) is 1. The second-order valence-corrected chi connectivity index (χ2v) is 4.49. The van der Waals surface area contributed by atoms with E-state index in [1.54, 1.807) is 0 Å². The monoisotopic (exact) mass is 259 g/mol. The van der Waals surface area contributed by atoms with Crippen molar-refractivity contribution in [3.05, 3.63) is 29.6 Å². The Balaban J connectivity index is 2.07. The van der Waals surface area contributed by atoms with Crippen molar-refractivity contribution in [2.45, 2.75) is 38.3 Å². The molecule has 0 saturated carbocycles. The van der Waals surface area contributed by atoms with Crippen LogP contribution in [0.5, 0.6) is 0 Å². The smallest absolute Gasteiger partial charge is 0.196 e. The predicted octanol–water partition coefficient (Wildman–Crippen LogP) is 3.47. The second kappa shape index (κ2) is 5.61. The maximum atomic E-state index is 13.5. The minimum Gasteiger partial charge on any atom is -0.380 e. The molecule has 1 fully saturated rings. The van der Waals surface area contributed by atoms with Gasteiger partial charge in [0.1, 0.15) is 0 Å². The Morgan fingerprint density at radius 2 is 2.06 bits per heavy atom. The van der Waals surface area contributed by atoms with Gasteiger partial charge in [0.25, 0.3) is 0 Å². The molecule has 0 radical (unpaired) electrons. The van der Waals surface area contributed by atoms with Gasteiger partial charge in [-0.2, -0.15) is 0 Å². The largest absolute Gasteiger partial charge is 0.380 e. The van der Waals surface area contributed by atoms with Crippen LogP contribution in [0.2, 0.25) is 0 Å². The zero-order valence-electron chi connectivity index (χ0n) is 10.2. The molecule has 2 rings (SSSR count). The van der Waals surface area contributed by atoms with Crippen molar-refractivity contribution >= 4 is 5.69 Å². The number of anilines is 1. The van der Waals surface area contributed by atoms with Gasteiger partial charge < -0.3 is 10.1 Å². The summed E-state index contributed by atoms with van der Waals surface area (Å²) in [4.78, 5) is 0. The highest BCUT2D eigenvalue weighted by Crippen LogP contribution is 2.24. The molecule has 100 valence electrons. The Morgan fingerprint density at radius 3 is 2.78 bits per heavy atom. The molecule has 1 aromatic rings. The lowest BCUT2D eigenvalue weighted by molar-refractivity contribution is 0.00920. The number of halogens is 3. The van der Waals surface area contributed by atoms with Crippen LogP contribution >= 0.6 is 0 Å². The summed E-state index contributed by atoms with van der Waals surface area (Å²) in [5.74, 6) is -3.76. The van der Waals surface area contributed by atoms with Gasteiger partial charge in [-0.1, -0.05) is 6.92 Å². The van der Waals surface area contributed by atoms with Gasteiger partial charge in [0.05, 0.1) is 11.8 Å². The zero-order valence-corrected chi connectivity index (χ0v) is 10.2. The van der Waals surface area contributed by atoms with Crippen LogP contribution in [-0.4, -0.2) is 18.8 Å². The standard InChI is InChI=1S/C13H16F3NO/c1-2-9-7-8(5-6-18-9)17-11-4-3-10(14)12(15)13(11)16/h3-4,8-9,17H,2,5-7H2,1H3. The van der Waals surface area contributed by atoms with Gasteiger partial charge in [0, 0.05) is 12.6 Å². The summed E-state index contributed by atoms with van der Waals surface area (Å²) >= 11 is 0. The van der Waals surface area contributed by atoms with E-state index in [4.69, 9.17) is 4.74 Å². The first kappa shape index (κ1) is 13.2. The van der Waals surface area contributed by atoms with Crippen LogP contribution in [0.1, 0.15) is 26.2 Å². The Labute approximate surface area is 104 Å². The normalized spacial score (nSPS) is 24.0. The summed E-state index contributed by atoms with van der Waals surface area (Å²) < 4.78 is 44.9. The first-order valence-electron chi connectivity index (χ1n) is 6.13. The molecule has 2 unspecified atom stereocenters. The molecular weight excluding hydrogens is 243 g/mol. The van der Waals surface area contributed by atoms with Crippen molar-refractivity contribution in [2.24, 2.45) is 0 Å². The van der Waals surface area contributed by atoms with Gasteiger partial charge >= 0.3 is 0 Å². The van der Waals surface area contributed by atoms with Crippen LogP contribution in [0.3, 0.4) is 0 Å². The lowest BCUT2D eigenvalue weighted by atomic mass is 10.0. The molecule has 0 spiro atoms. The third-order valence-electron chi connectivity index (χ3n) is 3.22.